The largest absolute Gasteiger partial charge is 0.493 e. The van der Waals surface area contributed by atoms with Gasteiger partial charge in [0.15, 0.2) is 11.5 Å². The Bertz CT molecular complexity index is 451. The summed E-state index contributed by atoms with van der Waals surface area (Å²) in [5, 5.41) is 8.75. The zero-order chi connectivity index (χ0) is 13.4. The maximum atomic E-state index is 11.1. The second kappa shape index (κ2) is 7.17. The molecule has 0 atom stereocenters. The van der Waals surface area contributed by atoms with Crippen LogP contribution in [0, 0.1) is 11.3 Å². The number of carbonyl (C=O) groups is 1. The summed E-state index contributed by atoms with van der Waals surface area (Å²) < 4.78 is 15.3. The van der Waals surface area contributed by atoms with Gasteiger partial charge in [0.05, 0.1) is 38.4 Å². The van der Waals surface area contributed by atoms with Crippen LogP contribution in [0.5, 0.6) is 11.5 Å². The molecule has 0 N–H and O–H groups in total. The third-order valence-electron chi connectivity index (χ3n) is 2.16. The van der Waals surface area contributed by atoms with Crippen molar-refractivity contribution in [2.45, 2.75) is 13.3 Å². The average Bonchev–Trinajstić information content (AvgIpc) is 2.39. The molecule has 1 aromatic carbocycles. The molecule has 0 fully saturated rings. The van der Waals surface area contributed by atoms with Crippen LogP contribution in [0.15, 0.2) is 18.2 Å². The van der Waals surface area contributed by atoms with Crippen LogP contribution >= 0.6 is 0 Å². The third kappa shape index (κ3) is 3.98. The van der Waals surface area contributed by atoms with E-state index < -0.39 is 0 Å². The van der Waals surface area contributed by atoms with Gasteiger partial charge in [-0.15, -0.1) is 0 Å². The lowest BCUT2D eigenvalue weighted by Gasteiger charge is -2.10. The second-order valence-electron chi connectivity index (χ2n) is 3.38. The maximum Gasteiger partial charge on any atom is 0.309 e. The van der Waals surface area contributed by atoms with Crippen molar-refractivity contribution in [3.63, 3.8) is 0 Å². The van der Waals surface area contributed by atoms with Gasteiger partial charge in [-0.3, -0.25) is 4.79 Å². The summed E-state index contributed by atoms with van der Waals surface area (Å²) in [5.41, 5.74) is 0.490. The summed E-state index contributed by atoms with van der Waals surface area (Å²) >= 11 is 0. The van der Waals surface area contributed by atoms with Crippen molar-refractivity contribution >= 4 is 5.97 Å². The highest BCUT2D eigenvalue weighted by Gasteiger charge is 2.07. The quantitative estimate of drug-likeness (QED) is 0.720. The number of hydrogen-bond donors (Lipinski definition) is 0. The van der Waals surface area contributed by atoms with Gasteiger partial charge in [0.2, 0.25) is 0 Å². The number of nitriles is 1. The van der Waals surface area contributed by atoms with Crippen molar-refractivity contribution in [1.29, 1.82) is 5.26 Å². The lowest BCUT2D eigenvalue weighted by Crippen LogP contribution is -2.09. The zero-order valence-electron chi connectivity index (χ0n) is 10.4. The highest BCUT2D eigenvalue weighted by atomic mass is 16.5. The molecule has 0 unspecified atom stereocenters. The first-order valence-corrected chi connectivity index (χ1v) is 5.57. The molecule has 0 spiro atoms. The van der Waals surface area contributed by atoms with Crippen molar-refractivity contribution in [3.8, 4) is 17.6 Å². The summed E-state index contributed by atoms with van der Waals surface area (Å²) in [6.45, 7) is 2.32. The van der Waals surface area contributed by atoms with Gasteiger partial charge in [-0.1, -0.05) is 0 Å². The van der Waals surface area contributed by atoms with Crippen LogP contribution in [0.4, 0.5) is 0 Å². The molecule has 0 amide bonds. The number of benzene rings is 1. The Hall–Kier alpha value is -2.22. The topological polar surface area (TPSA) is 68.5 Å². The van der Waals surface area contributed by atoms with E-state index in [0.29, 0.717) is 23.7 Å². The predicted octanol–water partition coefficient (Wildman–Crippen LogP) is 1.90. The Kier molecular flexibility index (Phi) is 5.52. The molecule has 1 rings (SSSR count). The Morgan fingerprint density at radius 3 is 2.78 bits per heavy atom. The Labute approximate surface area is 106 Å². The van der Waals surface area contributed by atoms with Crippen molar-refractivity contribution in [2.24, 2.45) is 0 Å². The smallest absolute Gasteiger partial charge is 0.309 e. The number of hydrogen-bond acceptors (Lipinski definition) is 5. The lowest BCUT2D eigenvalue weighted by molar-refractivity contribution is -0.143. The van der Waals surface area contributed by atoms with Crippen molar-refractivity contribution in [3.05, 3.63) is 23.8 Å². The van der Waals surface area contributed by atoms with Gasteiger partial charge in [0.1, 0.15) is 0 Å². The van der Waals surface area contributed by atoms with Crippen LogP contribution < -0.4 is 9.47 Å². The van der Waals surface area contributed by atoms with Crippen molar-refractivity contribution in [1.82, 2.24) is 0 Å². The van der Waals surface area contributed by atoms with E-state index in [4.69, 9.17) is 19.5 Å². The van der Waals surface area contributed by atoms with Gasteiger partial charge in [-0.25, -0.2) is 0 Å². The SMILES string of the molecule is CCOC(=O)CCOc1ccc(C#N)cc1OC. The maximum absolute atomic E-state index is 11.1. The minimum atomic E-state index is -0.301. The Balaban J connectivity index is 2.57. The number of nitrogens with zero attached hydrogens (tertiary/aromatic N) is 1. The molecule has 5 nitrogen and oxygen atoms in total. The second-order valence-corrected chi connectivity index (χ2v) is 3.38. The van der Waals surface area contributed by atoms with E-state index >= 15 is 0 Å². The molecule has 0 radical (unpaired) electrons. The monoisotopic (exact) mass is 249 g/mol. The minimum absolute atomic E-state index is 0.178. The van der Waals surface area contributed by atoms with Gasteiger partial charge >= 0.3 is 5.97 Å². The van der Waals surface area contributed by atoms with Crippen molar-refractivity contribution < 1.29 is 19.0 Å². The van der Waals surface area contributed by atoms with Crippen molar-refractivity contribution in [2.75, 3.05) is 20.3 Å². The van der Waals surface area contributed by atoms with E-state index in [1.165, 1.54) is 7.11 Å². The molecule has 0 bridgehead atoms. The molecule has 1 aromatic rings. The molecule has 5 heteroatoms. The molecule has 0 saturated carbocycles. The fourth-order valence-electron chi connectivity index (χ4n) is 1.33. The molecule has 0 aromatic heterocycles. The fraction of sp³-hybridized carbons (Fsp3) is 0.385. The number of rotatable bonds is 6. The molecule has 0 aliphatic heterocycles. The van der Waals surface area contributed by atoms with Crippen LogP contribution in [0.2, 0.25) is 0 Å². The van der Waals surface area contributed by atoms with Gasteiger partial charge in [-0.05, 0) is 19.1 Å². The summed E-state index contributed by atoms with van der Waals surface area (Å²) in [4.78, 5) is 11.1. The van der Waals surface area contributed by atoms with E-state index in [1.54, 1.807) is 25.1 Å². The first-order chi connectivity index (χ1) is 8.71. The minimum Gasteiger partial charge on any atom is -0.493 e. The molecule has 0 aliphatic rings. The summed E-state index contributed by atoms with van der Waals surface area (Å²) in [7, 11) is 1.49. The van der Waals surface area contributed by atoms with Crippen LogP contribution in [-0.4, -0.2) is 26.3 Å². The standard InChI is InChI=1S/C13H15NO4/c1-3-17-13(15)6-7-18-11-5-4-10(9-14)8-12(11)16-2/h4-5,8H,3,6-7H2,1-2H3. The van der Waals surface area contributed by atoms with E-state index in [0.717, 1.165) is 0 Å². The number of carbonyl (C=O) groups excluding carboxylic acids is 1. The molecule has 0 aliphatic carbocycles. The van der Waals surface area contributed by atoms with E-state index in [1.807, 2.05) is 6.07 Å². The zero-order valence-corrected chi connectivity index (χ0v) is 10.4. The highest BCUT2D eigenvalue weighted by molar-refractivity contribution is 5.69. The van der Waals surface area contributed by atoms with Crippen LogP contribution in [0.3, 0.4) is 0 Å². The van der Waals surface area contributed by atoms with E-state index in [2.05, 4.69) is 0 Å². The van der Waals surface area contributed by atoms with E-state index in [-0.39, 0.29) is 19.0 Å². The van der Waals surface area contributed by atoms with Crippen LogP contribution in [-0.2, 0) is 9.53 Å². The number of ether oxygens (including phenoxy) is 3. The van der Waals surface area contributed by atoms with Gasteiger partial charge in [-0.2, -0.15) is 5.26 Å². The van der Waals surface area contributed by atoms with Gasteiger partial charge in [0.25, 0.3) is 0 Å². The Morgan fingerprint density at radius 2 is 2.17 bits per heavy atom. The first-order valence-electron chi connectivity index (χ1n) is 5.57. The molecule has 96 valence electrons. The van der Waals surface area contributed by atoms with Crippen LogP contribution in [0.1, 0.15) is 18.9 Å². The van der Waals surface area contributed by atoms with E-state index in [9.17, 15) is 4.79 Å². The summed E-state index contributed by atoms with van der Waals surface area (Å²) in [6.07, 6.45) is 0.178. The average molecular weight is 249 g/mol. The molecule has 18 heavy (non-hydrogen) atoms. The third-order valence-corrected chi connectivity index (χ3v) is 2.16. The first kappa shape index (κ1) is 13.8. The Morgan fingerprint density at radius 1 is 1.39 bits per heavy atom. The van der Waals surface area contributed by atoms with Gasteiger partial charge in [0, 0.05) is 6.07 Å². The number of methoxy groups -OCH3 is 1. The highest BCUT2D eigenvalue weighted by Crippen LogP contribution is 2.27. The summed E-state index contributed by atoms with van der Waals surface area (Å²) in [6, 6.07) is 6.86. The molecular formula is C13H15NO4. The molecule has 0 heterocycles. The fourth-order valence-corrected chi connectivity index (χ4v) is 1.33. The lowest BCUT2D eigenvalue weighted by atomic mass is 10.2. The molecule has 0 saturated heterocycles. The number of esters is 1. The molecular weight excluding hydrogens is 234 g/mol. The van der Waals surface area contributed by atoms with Crippen LogP contribution in [0.25, 0.3) is 0 Å². The normalized spacial score (nSPS) is 9.39. The predicted molar refractivity (Wildman–Crippen MR) is 64.5 cm³/mol. The summed E-state index contributed by atoms with van der Waals surface area (Å²) in [5.74, 6) is 0.670. The van der Waals surface area contributed by atoms with Gasteiger partial charge < -0.3 is 14.2 Å².